The van der Waals surface area contributed by atoms with Crippen LogP contribution >= 0.6 is 12.4 Å². The number of halogens is 1. The molecular formula is C16H25ClN2O. The van der Waals surface area contributed by atoms with Crippen molar-refractivity contribution in [2.75, 3.05) is 6.54 Å². The van der Waals surface area contributed by atoms with Crippen molar-refractivity contribution < 1.29 is 4.79 Å². The van der Waals surface area contributed by atoms with Crippen LogP contribution in [-0.2, 0) is 11.3 Å². The first kappa shape index (κ1) is 17.0. The molecule has 20 heavy (non-hydrogen) atoms. The molecule has 1 atom stereocenters. The number of nitrogens with one attached hydrogen (secondary N) is 2. The van der Waals surface area contributed by atoms with Crippen LogP contribution in [0.15, 0.2) is 12.1 Å². The summed E-state index contributed by atoms with van der Waals surface area (Å²) in [6.45, 7) is 8.02. The van der Waals surface area contributed by atoms with Gasteiger partial charge in [-0.2, -0.15) is 0 Å². The van der Waals surface area contributed by atoms with E-state index in [2.05, 4.69) is 43.5 Å². The second-order valence-corrected chi connectivity index (χ2v) is 5.65. The van der Waals surface area contributed by atoms with E-state index < -0.39 is 0 Å². The van der Waals surface area contributed by atoms with Crippen LogP contribution in [0.5, 0.6) is 0 Å². The molecule has 3 nitrogen and oxygen atoms in total. The molecule has 1 aliphatic rings. The van der Waals surface area contributed by atoms with Crippen molar-refractivity contribution in [2.45, 2.75) is 52.6 Å². The lowest BCUT2D eigenvalue weighted by Gasteiger charge is -2.14. The van der Waals surface area contributed by atoms with E-state index in [0.29, 0.717) is 19.0 Å². The SMILES string of the molecule is Cc1cc(C)c(CNC(=O)CC2CCCN2)c(C)c1.Cl. The van der Waals surface area contributed by atoms with E-state index in [9.17, 15) is 4.79 Å². The topological polar surface area (TPSA) is 41.1 Å². The summed E-state index contributed by atoms with van der Waals surface area (Å²) < 4.78 is 0. The number of aryl methyl sites for hydroxylation is 3. The maximum absolute atomic E-state index is 11.9. The Balaban J connectivity index is 0.00000200. The van der Waals surface area contributed by atoms with Crippen molar-refractivity contribution in [3.8, 4) is 0 Å². The van der Waals surface area contributed by atoms with Crippen molar-refractivity contribution in [1.82, 2.24) is 10.6 Å². The van der Waals surface area contributed by atoms with Gasteiger partial charge in [0, 0.05) is 19.0 Å². The van der Waals surface area contributed by atoms with E-state index in [4.69, 9.17) is 0 Å². The molecule has 0 saturated carbocycles. The molecule has 1 fully saturated rings. The molecule has 1 unspecified atom stereocenters. The molecule has 1 aromatic carbocycles. The molecule has 1 aromatic rings. The lowest BCUT2D eigenvalue weighted by atomic mass is 10.00. The summed E-state index contributed by atoms with van der Waals surface area (Å²) in [6.07, 6.45) is 2.91. The van der Waals surface area contributed by atoms with Crippen LogP contribution in [0.1, 0.15) is 41.5 Å². The minimum Gasteiger partial charge on any atom is -0.352 e. The van der Waals surface area contributed by atoms with Gasteiger partial charge in [0.05, 0.1) is 0 Å². The fourth-order valence-electron chi connectivity index (χ4n) is 2.90. The van der Waals surface area contributed by atoms with Gasteiger partial charge in [-0.1, -0.05) is 17.7 Å². The molecule has 2 N–H and O–H groups in total. The standard InChI is InChI=1S/C16H24N2O.ClH/c1-11-7-12(2)15(13(3)8-11)10-18-16(19)9-14-5-4-6-17-14;/h7-8,14,17H,4-6,9-10H2,1-3H3,(H,18,19);1H. The maximum atomic E-state index is 11.9. The van der Waals surface area contributed by atoms with Crippen LogP contribution in [0, 0.1) is 20.8 Å². The third kappa shape index (κ3) is 4.50. The molecule has 0 aliphatic carbocycles. The Kier molecular flexibility index (Phi) is 6.50. The van der Waals surface area contributed by atoms with Gasteiger partial charge in [0.25, 0.3) is 0 Å². The fraction of sp³-hybridized carbons (Fsp3) is 0.562. The summed E-state index contributed by atoms with van der Waals surface area (Å²) in [5.41, 5.74) is 5.05. The average molecular weight is 297 g/mol. The first-order valence-corrected chi connectivity index (χ1v) is 7.13. The first-order chi connectivity index (χ1) is 9.06. The van der Waals surface area contributed by atoms with Crippen molar-refractivity contribution in [2.24, 2.45) is 0 Å². The third-order valence-corrected chi connectivity index (χ3v) is 3.90. The largest absolute Gasteiger partial charge is 0.352 e. The van der Waals surface area contributed by atoms with Gasteiger partial charge in [-0.25, -0.2) is 0 Å². The lowest BCUT2D eigenvalue weighted by molar-refractivity contribution is -0.121. The minimum absolute atomic E-state index is 0. The molecule has 0 bridgehead atoms. The summed E-state index contributed by atoms with van der Waals surface area (Å²) in [6, 6.07) is 4.72. The van der Waals surface area contributed by atoms with Crippen molar-refractivity contribution in [1.29, 1.82) is 0 Å². The normalized spacial score (nSPS) is 17.6. The minimum atomic E-state index is 0. The maximum Gasteiger partial charge on any atom is 0.221 e. The summed E-state index contributed by atoms with van der Waals surface area (Å²) in [5, 5.41) is 6.40. The number of hydrogen-bond donors (Lipinski definition) is 2. The predicted octanol–water partition coefficient (Wildman–Crippen LogP) is 2.79. The molecule has 1 heterocycles. The average Bonchev–Trinajstić information content (AvgIpc) is 2.80. The Morgan fingerprint density at radius 3 is 2.50 bits per heavy atom. The molecular weight excluding hydrogens is 272 g/mol. The van der Waals surface area contributed by atoms with Crippen LogP contribution in [0.4, 0.5) is 0 Å². The predicted molar refractivity (Wildman–Crippen MR) is 85.4 cm³/mol. The van der Waals surface area contributed by atoms with Crippen molar-refractivity contribution in [3.05, 3.63) is 34.4 Å². The molecule has 1 amide bonds. The molecule has 0 radical (unpaired) electrons. The molecule has 1 saturated heterocycles. The van der Waals surface area contributed by atoms with Gasteiger partial charge >= 0.3 is 0 Å². The highest BCUT2D eigenvalue weighted by molar-refractivity contribution is 5.85. The monoisotopic (exact) mass is 296 g/mol. The van der Waals surface area contributed by atoms with Crippen LogP contribution < -0.4 is 10.6 Å². The Morgan fingerprint density at radius 2 is 1.95 bits per heavy atom. The molecule has 112 valence electrons. The third-order valence-electron chi connectivity index (χ3n) is 3.90. The highest BCUT2D eigenvalue weighted by Gasteiger charge is 2.17. The second kappa shape index (κ2) is 7.65. The van der Waals surface area contributed by atoms with Crippen LogP contribution in [-0.4, -0.2) is 18.5 Å². The molecule has 0 aromatic heterocycles. The van der Waals surface area contributed by atoms with Crippen LogP contribution in [0.3, 0.4) is 0 Å². The number of amides is 1. The number of benzene rings is 1. The Hall–Kier alpha value is -1.06. The second-order valence-electron chi connectivity index (χ2n) is 5.65. The molecule has 2 rings (SSSR count). The quantitative estimate of drug-likeness (QED) is 0.897. The number of carbonyl (C=O) groups is 1. The highest BCUT2D eigenvalue weighted by atomic mass is 35.5. The zero-order valence-electron chi connectivity index (χ0n) is 12.6. The van der Waals surface area contributed by atoms with E-state index in [-0.39, 0.29) is 18.3 Å². The van der Waals surface area contributed by atoms with Gasteiger partial charge in [0.15, 0.2) is 0 Å². The van der Waals surface area contributed by atoms with Gasteiger partial charge < -0.3 is 10.6 Å². The zero-order chi connectivity index (χ0) is 13.8. The zero-order valence-corrected chi connectivity index (χ0v) is 13.4. The first-order valence-electron chi connectivity index (χ1n) is 7.13. The van der Waals surface area contributed by atoms with Gasteiger partial charge in [-0.05, 0) is 56.8 Å². The van der Waals surface area contributed by atoms with Gasteiger partial charge in [0.2, 0.25) is 5.91 Å². The van der Waals surface area contributed by atoms with Gasteiger partial charge in [0.1, 0.15) is 0 Å². The Morgan fingerprint density at radius 1 is 1.30 bits per heavy atom. The van der Waals surface area contributed by atoms with E-state index in [1.54, 1.807) is 0 Å². The van der Waals surface area contributed by atoms with E-state index in [1.807, 2.05) is 0 Å². The van der Waals surface area contributed by atoms with E-state index in [1.165, 1.54) is 28.7 Å². The molecule has 1 aliphatic heterocycles. The lowest BCUT2D eigenvalue weighted by Crippen LogP contribution is -2.31. The highest BCUT2D eigenvalue weighted by Crippen LogP contribution is 2.16. The van der Waals surface area contributed by atoms with Crippen LogP contribution in [0.25, 0.3) is 0 Å². The summed E-state index contributed by atoms with van der Waals surface area (Å²) >= 11 is 0. The number of carbonyl (C=O) groups excluding carboxylic acids is 1. The van der Waals surface area contributed by atoms with Gasteiger partial charge in [-0.3, -0.25) is 4.79 Å². The van der Waals surface area contributed by atoms with Crippen molar-refractivity contribution >= 4 is 18.3 Å². The smallest absolute Gasteiger partial charge is 0.221 e. The summed E-state index contributed by atoms with van der Waals surface area (Å²) in [7, 11) is 0. The van der Waals surface area contributed by atoms with Crippen molar-refractivity contribution in [3.63, 3.8) is 0 Å². The summed E-state index contributed by atoms with van der Waals surface area (Å²) in [5.74, 6) is 0.152. The molecule has 4 heteroatoms. The summed E-state index contributed by atoms with van der Waals surface area (Å²) in [4.78, 5) is 11.9. The Bertz CT molecular complexity index is 445. The number of hydrogen-bond acceptors (Lipinski definition) is 2. The molecule has 0 spiro atoms. The van der Waals surface area contributed by atoms with E-state index in [0.717, 1.165) is 13.0 Å². The van der Waals surface area contributed by atoms with E-state index >= 15 is 0 Å². The fourth-order valence-corrected chi connectivity index (χ4v) is 2.90. The van der Waals surface area contributed by atoms with Crippen LogP contribution in [0.2, 0.25) is 0 Å². The Labute approximate surface area is 127 Å². The number of rotatable bonds is 4. The van der Waals surface area contributed by atoms with Gasteiger partial charge in [-0.15, -0.1) is 12.4 Å².